The summed E-state index contributed by atoms with van der Waals surface area (Å²) in [5.74, 6) is 1.22. The first-order valence-corrected chi connectivity index (χ1v) is 7.85. The van der Waals surface area contributed by atoms with Crippen LogP contribution in [0.15, 0.2) is 54.6 Å². The van der Waals surface area contributed by atoms with E-state index >= 15 is 0 Å². The number of methoxy groups -OCH3 is 1. The molecular formula is C20H19NO4. The molecule has 0 N–H and O–H groups in total. The first-order valence-electron chi connectivity index (χ1n) is 7.85. The van der Waals surface area contributed by atoms with Crippen LogP contribution in [0.1, 0.15) is 18.4 Å². The number of para-hydroxylation sites is 1. The molecule has 5 nitrogen and oxygen atoms in total. The van der Waals surface area contributed by atoms with E-state index in [9.17, 15) is 4.79 Å². The third-order valence-corrected chi connectivity index (χ3v) is 3.30. The molecule has 5 heteroatoms. The van der Waals surface area contributed by atoms with Crippen molar-refractivity contribution in [2.24, 2.45) is 0 Å². The highest BCUT2D eigenvalue weighted by atomic mass is 16.6. The van der Waals surface area contributed by atoms with E-state index in [0.29, 0.717) is 24.5 Å². The van der Waals surface area contributed by atoms with Gasteiger partial charge in [-0.1, -0.05) is 24.3 Å². The molecule has 0 bridgehead atoms. The second-order valence-corrected chi connectivity index (χ2v) is 5.11. The molecule has 0 aliphatic heterocycles. The molecule has 2 aromatic carbocycles. The van der Waals surface area contributed by atoms with Crippen molar-refractivity contribution in [3.8, 4) is 23.3 Å². The van der Waals surface area contributed by atoms with Crippen LogP contribution in [-0.4, -0.2) is 19.7 Å². The Hall–Kier alpha value is -3.26. The lowest BCUT2D eigenvalue weighted by Gasteiger charge is -2.10. The quantitative estimate of drug-likeness (QED) is 0.315. The summed E-state index contributed by atoms with van der Waals surface area (Å²) in [5, 5.41) is 8.56. The highest BCUT2D eigenvalue weighted by Crippen LogP contribution is 2.29. The van der Waals surface area contributed by atoms with E-state index in [0.717, 1.165) is 11.3 Å². The minimum atomic E-state index is -0.352. The minimum absolute atomic E-state index is 0.242. The second-order valence-electron chi connectivity index (χ2n) is 5.11. The van der Waals surface area contributed by atoms with E-state index in [4.69, 9.17) is 19.5 Å². The number of benzene rings is 2. The number of carbonyl (C=O) groups is 1. The SMILES string of the molecule is COc1cc(/C=C\C#N)ccc1OC(=O)CCCOc1ccccc1. The van der Waals surface area contributed by atoms with E-state index in [-0.39, 0.29) is 12.4 Å². The van der Waals surface area contributed by atoms with Gasteiger partial charge in [0.1, 0.15) is 5.75 Å². The van der Waals surface area contributed by atoms with Crippen LogP contribution in [0.4, 0.5) is 0 Å². The van der Waals surface area contributed by atoms with Crippen LogP contribution in [0.2, 0.25) is 0 Å². The molecule has 0 aliphatic rings. The summed E-state index contributed by atoms with van der Waals surface area (Å²) in [4.78, 5) is 12.0. The van der Waals surface area contributed by atoms with Crippen LogP contribution in [-0.2, 0) is 4.79 Å². The summed E-state index contributed by atoms with van der Waals surface area (Å²) < 4.78 is 16.1. The highest BCUT2D eigenvalue weighted by molar-refractivity contribution is 5.73. The van der Waals surface area contributed by atoms with E-state index < -0.39 is 0 Å². The Morgan fingerprint density at radius 3 is 2.68 bits per heavy atom. The summed E-state index contributed by atoms with van der Waals surface area (Å²) in [7, 11) is 1.50. The second kappa shape index (κ2) is 9.78. The zero-order valence-electron chi connectivity index (χ0n) is 14.0. The van der Waals surface area contributed by atoms with Crippen molar-refractivity contribution in [2.45, 2.75) is 12.8 Å². The number of allylic oxidation sites excluding steroid dienone is 1. The van der Waals surface area contributed by atoms with Crippen LogP contribution in [0.25, 0.3) is 6.08 Å². The van der Waals surface area contributed by atoms with Crippen molar-refractivity contribution in [1.29, 1.82) is 5.26 Å². The number of carbonyl (C=O) groups excluding carboxylic acids is 1. The molecule has 0 aromatic heterocycles. The molecule has 25 heavy (non-hydrogen) atoms. The first kappa shape index (κ1) is 18.1. The van der Waals surface area contributed by atoms with Gasteiger partial charge < -0.3 is 14.2 Å². The van der Waals surface area contributed by atoms with E-state index in [2.05, 4.69) is 0 Å². The summed E-state index contributed by atoms with van der Waals surface area (Å²) in [6.45, 7) is 0.439. The summed E-state index contributed by atoms with van der Waals surface area (Å²) in [6, 6.07) is 16.5. The number of nitriles is 1. The molecular weight excluding hydrogens is 318 g/mol. The normalized spacial score (nSPS) is 10.2. The first-order chi connectivity index (χ1) is 12.2. The predicted octanol–water partition coefficient (Wildman–Crippen LogP) is 4.00. The van der Waals surface area contributed by atoms with Gasteiger partial charge in [-0.2, -0.15) is 5.26 Å². The summed E-state index contributed by atoms with van der Waals surface area (Å²) in [5.41, 5.74) is 0.787. The molecule has 0 saturated heterocycles. The Labute approximate surface area is 147 Å². The summed E-state index contributed by atoms with van der Waals surface area (Å²) in [6.07, 6.45) is 3.81. The predicted molar refractivity (Wildman–Crippen MR) is 94.4 cm³/mol. The molecule has 0 saturated carbocycles. The van der Waals surface area contributed by atoms with Crippen molar-refractivity contribution < 1.29 is 19.0 Å². The maximum atomic E-state index is 12.0. The van der Waals surface area contributed by atoms with E-state index in [1.54, 1.807) is 24.3 Å². The Bertz CT molecular complexity index is 763. The molecule has 128 valence electrons. The fourth-order valence-electron chi connectivity index (χ4n) is 2.10. The van der Waals surface area contributed by atoms with Crippen LogP contribution < -0.4 is 14.2 Å². The fourth-order valence-corrected chi connectivity index (χ4v) is 2.10. The number of rotatable bonds is 8. The molecule has 0 radical (unpaired) electrons. The third kappa shape index (κ3) is 6.04. The van der Waals surface area contributed by atoms with Crippen molar-refractivity contribution >= 4 is 12.0 Å². The molecule has 2 aromatic rings. The maximum absolute atomic E-state index is 12.0. The lowest BCUT2D eigenvalue weighted by Crippen LogP contribution is -2.10. The molecule has 0 unspecified atom stereocenters. The molecule has 0 amide bonds. The average molecular weight is 337 g/mol. The lowest BCUT2D eigenvalue weighted by molar-refractivity contribution is -0.134. The van der Waals surface area contributed by atoms with E-state index in [1.165, 1.54) is 13.2 Å². The summed E-state index contributed by atoms with van der Waals surface area (Å²) >= 11 is 0. The van der Waals surface area contributed by atoms with Gasteiger partial charge in [-0.25, -0.2) is 0 Å². The Balaban J connectivity index is 1.83. The topological polar surface area (TPSA) is 68.5 Å². The number of hydrogen-bond donors (Lipinski definition) is 0. The van der Waals surface area contributed by atoms with E-state index in [1.807, 2.05) is 36.4 Å². The van der Waals surface area contributed by atoms with Gasteiger partial charge in [0.15, 0.2) is 11.5 Å². The van der Waals surface area contributed by atoms with Gasteiger partial charge in [0.05, 0.1) is 19.8 Å². The van der Waals surface area contributed by atoms with Crippen molar-refractivity contribution in [3.05, 3.63) is 60.2 Å². The smallest absolute Gasteiger partial charge is 0.311 e. The molecule has 0 atom stereocenters. The standard InChI is InChI=1S/C20H19NO4/c1-23-19-15-16(7-5-13-21)11-12-18(19)25-20(22)10-6-14-24-17-8-3-2-4-9-17/h2-5,7-9,11-12,15H,6,10,14H2,1H3/b7-5-. The molecule has 2 rings (SSSR count). The maximum Gasteiger partial charge on any atom is 0.311 e. The zero-order valence-corrected chi connectivity index (χ0v) is 14.0. The van der Waals surface area contributed by atoms with Crippen LogP contribution in [0, 0.1) is 11.3 Å². The number of esters is 1. The van der Waals surface area contributed by atoms with Gasteiger partial charge in [-0.15, -0.1) is 0 Å². The van der Waals surface area contributed by atoms with Crippen molar-refractivity contribution in [3.63, 3.8) is 0 Å². The number of nitrogens with zero attached hydrogens (tertiary/aromatic N) is 1. The Morgan fingerprint density at radius 2 is 1.96 bits per heavy atom. The monoisotopic (exact) mass is 337 g/mol. The molecule has 0 heterocycles. The molecule has 0 fully saturated rings. The van der Waals surface area contributed by atoms with Crippen molar-refractivity contribution in [2.75, 3.05) is 13.7 Å². The average Bonchev–Trinajstić information content (AvgIpc) is 2.65. The fraction of sp³-hybridized carbons (Fsp3) is 0.200. The molecule has 0 spiro atoms. The number of ether oxygens (including phenoxy) is 3. The van der Waals surface area contributed by atoms with Crippen LogP contribution in [0.3, 0.4) is 0 Å². The van der Waals surface area contributed by atoms with Gasteiger partial charge in [0.25, 0.3) is 0 Å². The molecule has 0 aliphatic carbocycles. The van der Waals surface area contributed by atoms with Crippen LogP contribution >= 0.6 is 0 Å². The van der Waals surface area contributed by atoms with Gasteiger partial charge in [0.2, 0.25) is 0 Å². The Morgan fingerprint density at radius 1 is 1.16 bits per heavy atom. The van der Waals surface area contributed by atoms with Gasteiger partial charge in [-0.05, 0) is 42.3 Å². The van der Waals surface area contributed by atoms with Crippen molar-refractivity contribution in [1.82, 2.24) is 0 Å². The minimum Gasteiger partial charge on any atom is -0.494 e. The largest absolute Gasteiger partial charge is 0.494 e. The van der Waals surface area contributed by atoms with Crippen LogP contribution in [0.5, 0.6) is 17.2 Å². The number of hydrogen-bond acceptors (Lipinski definition) is 5. The Kier molecular flexibility index (Phi) is 7.08. The van der Waals surface area contributed by atoms with Gasteiger partial charge >= 0.3 is 5.97 Å². The lowest BCUT2D eigenvalue weighted by atomic mass is 10.2. The third-order valence-electron chi connectivity index (χ3n) is 3.30. The van der Waals surface area contributed by atoms with Gasteiger partial charge in [-0.3, -0.25) is 4.79 Å². The zero-order chi connectivity index (χ0) is 17.9. The highest BCUT2D eigenvalue weighted by Gasteiger charge is 2.10. The van der Waals surface area contributed by atoms with Gasteiger partial charge in [0, 0.05) is 12.5 Å².